The van der Waals surface area contributed by atoms with Crippen LogP contribution >= 0.6 is 0 Å². The molecule has 4 bridgehead atoms. The summed E-state index contributed by atoms with van der Waals surface area (Å²) in [6.45, 7) is 3.52. The van der Waals surface area contributed by atoms with Crippen LogP contribution in [0.25, 0.3) is 0 Å². The summed E-state index contributed by atoms with van der Waals surface area (Å²) in [6, 6.07) is 7.94. The molecule has 1 aliphatic carbocycles. The SMILES string of the molecule is C/C=C1\CN=C2C[C@@]3(C(=O)N(OC)c4ccccc43)[C@H]3C[C@@H]1[C@@H]2CO3. The first-order valence-electron chi connectivity index (χ1n) is 8.98. The van der Waals surface area contributed by atoms with Gasteiger partial charge in [0, 0.05) is 18.1 Å². The average Bonchev–Trinajstić information content (AvgIpc) is 2.74. The molecule has 1 aromatic carbocycles. The van der Waals surface area contributed by atoms with Crippen molar-refractivity contribution >= 4 is 17.3 Å². The van der Waals surface area contributed by atoms with Crippen LogP contribution in [0, 0.1) is 11.8 Å². The molecule has 0 unspecified atom stereocenters. The number of carbonyl (C=O) groups excluding carboxylic acids is 1. The minimum absolute atomic E-state index is 0.0147. The number of rotatable bonds is 1. The number of hydrogen-bond acceptors (Lipinski definition) is 4. The number of anilines is 1. The second kappa shape index (κ2) is 5.26. The minimum atomic E-state index is -0.710. The van der Waals surface area contributed by atoms with Gasteiger partial charge < -0.3 is 4.74 Å². The third kappa shape index (κ3) is 1.80. The van der Waals surface area contributed by atoms with Gasteiger partial charge in [0.2, 0.25) is 0 Å². The van der Waals surface area contributed by atoms with Crippen molar-refractivity contribution < 1.29 is 14.4 Å². The summed E-state index contributed by atoms with van der Waals surface area (Å²) in [5.41, 5.74) is 3.69. The maximum absolute atomic E-state index is 13.5. The Kier molecular flexibility index (Phi) is 3.21. The van der Waals surface area contributed by atoms with Gasteiger partial charge in [-0.3, -0.25) is 14.6 Å². The van der Waals surface area contributed by atoms with Gasteiger partial charge in [0.1, 0.15) is 5.41 Å². The van der Waals surface area contributed by atoms with Gasteiger partial charge in [-0.05, 0) is 36.5 Å². The Morgan fingerprint density at radius 1 is 1.36 bits per heavy atom. The number of benzene rings is 1. The van der Waals surface area contributed by atoms with Crippen LogP contribution in [-0.2, 0) is 19.8 Å². The maximum atomic E-state index is 13.5. The van der Waals surface area contributed by atoms with Crippen LogP contribution in [0.1, 0.15) is 25.3 Å². The lowest BCUT2D eigenvalue weighted by atomic mass is 9.72. The Balaban J connectivity index is 1.72. The van der Waals surface area contributed by atoms with Gasteiger partial charge in [0.05, 0.1) is 32.1 Å². The van der Waals surface area contributed by atoms with Crippen LogP contribution in [0.2, 0.25) is 0 Å². The summed E-state index contributed by atoms with van der Waals surface area (Å²) in [7, 11) is 1.55. The van der Waals surface area contributed by atoms with E-state index in [1.807, 2.05) is 18.2 Å². The first-order chi connectivity index (χ1) is 12.2. The Morgan fingerprint density at radius 3 is 3.00 bits per heavy atom. The first-order valence-corrected chi connectivity index (χ1v) is 8.98. The molecule has 5 nitrogen and oxygen atoms in total. The van der Waals surface area contributed by atoms with E-state index >= 15 is 0 Å². The highest BCUT2D eigenvalue weighted by Crippen LogP contribution is 2.55. The van der Waals surface area contributed by atoms with E-state index in [1.54, 1.807) is 7.11 Å². The van der Waals surface area contributed by atoms with Crippen LogP contribution in [-0.4, -0.2) is 38.0 Å². The standard InChI is InChI=1S/C20H22N2O3/c1-3-12-10-21-16-9-20(18-8-13(12)14(16)11-25-18)15-6-4-5-7-17(15)22(24-2)19(20)23/h3-7,13-14,18H,8-11H2,1-2H3/b12-3+/t13-,14-,18+,20-/m0/s1. The van der Waals surface area contributed by atoms with E-state index in [2.05, 4.69) is 19.1 Å². The summed E-state index contributed by atoms with van der Waals surface area (Å²) in [5, 5.41) is 1.44. The highest BCUT2D eigenvalue weighted by Gasteiger charge is 2.62. The molecule has 4 atom stereocenters. The van der Waals surface area contributed by atoms with Crippen molar-refractivity contribution in [1.82, 2.24) is 0 Å². The predicted octanol–water partition coefficient (Wildman–Crippen LogP) is 2.66. The molecule has 1 aromatic rings. The van der Waals surface area contributed by atoms with Gasteiger partial charge in [0.25, 0.3) is 5.91 Å². The van der Waals surface area contributed by atoms with Crippen molar-refractivity contribution in [1.29, 1.82) is 0 Å². The number of hydroxylamine groups is 1. The van der Waals surface area contributed by atoms with Gasteiger partial charge in [-0.2, -0.15) is 5.06 Å². The first kappa shape index (κ1) is 15.3. The Morgan fingerprint density at radius 2 is 2.20 bits per heavy atom. The molecule has 0 radical (unpaired) electrons. The molecule has 130 valence electrons. The van der Waals surface area contributed by atoms with Gasteiger partial charge in [-0.15, -0.1) is 0 Å². The van der Waals surface area contributed by atoms with Crippen LogP contribution in [0.3, 0.4) is 0 Å². The molecule has 4 heterocycles. The summed E-state index contributed by atoms with van der Waals surface area (Å²) in [6.07, 6.45) is 3.58. The predicted molar refractivity (Wildman–Crippen MR) is 94.6 cm³/mol. The van der Waals surface area contributed by atoms with Crippen molar-refractivity contribution in [2.75, 3.05) is 25.3 Å². The van der Waals surface area contributed by atoms with Gasteiger partial charge >= 0.3 is 0 Å². The quantitative estimate of drug-likeness (QED) is 0.740. The number of aliphatic imine (C=N–C) groups is 1. The van der Waals surface area contributed by atoms with E-state index < -0.39 is 5.41 Å². The van der Waals surface area contributed by atoms with Crippen molar-refractivity contribution in [2.45, 2.75) is 31.3 Å². The van der Waals surface area contributed by atoms with Crippen LogP contribution in [0.4, 0.5) is 5.69 Å². The minimum Gasteiger partial charge on any atom is -0.376 e. The van der Waals surface area contributed by atoms with Gasteiger partial charge in [0.15, 0.2) is 0 Å². The topological polar surface area (TPSA) is 51.1 Å². The summed E-state index contributed by atoms with van der Waals surface area (Å²) in [4.78, 5) is 23.8. The van der Waals surface area contributed by atoms with Gasteiger partial charge in [-0.1, -0.05) is 24.3 Å². The molecular weight excluding hydrogens is 316 g/mol. The number of fused-ring (bicyclic) bond motifs is 2. The number of para-hydroxylation sites is 1. The monoisotopic (exact) mass is 338 g/mol. The maximum Gasteiger partial charge on any atom is 0.264 e. The zero-order valence-electron chi connectivity index (χ0n) is 14.6. The van der Waals surface area contributed by atoms with Crippen molar-refractivity contribution in [3.8, 4) is 0 Å². The molecular formula is C20H22N2O3. The number of carbonyl (C=O) groups is 1. The van der Waals surface area contributed by atoms with Crippen LogP contribution in [0.15, 0.2) is 40.9 Å². The van der Waals surface area contributed by atoms with Crippen LogP contribution in [0.5, 0.6) is 0 Å². The molecule has 1 amide bonds. The number of amides is 1. The number of hydrogen-bond donors (Lipinski definition) is 0. The molecule has 0 aromatic heterocycles. The van der Waals surface area contributed by atoms with E-state index in [0.717, 1.165) is 29.9 Å². The molecule has 2 saturated heterocycles. The van der Waals surface area contributed by atoms with Crippen LogP contribution < -0.4 is 5.06 Å². The zero-order chi connectivity index (χ0) is 17.2. The fourth-order valence-electron chi connectivity index (χ4n) is 5.30. The fraction of sp³-hybridized carbons (Fsp3) is 0.500. The van der Waals surface area contributed by atoms with E-state index in [0.29, 0.717) is 24.9 Å². The Hall–Kier alpha value is -1.98. The largest absolute Gasteiger partial charge is 0.376 e. The molecule has 6 rings (SSSR count). The highest BCUT2D eigenvalue weighted by atomic mass is 16.7. The van der Waals surface area contributed by atoms with E-state index in [-0.39, 0.29) is 12.0 Å². The lowest BCUT2D eigenvalue weighted by Gasteiger charge is -2.39. The number of allylic oxidation sites excluding steroid dienone is 1. The number of ether oxygens (including phenoxy) is 1. The summed E-state index contributed by atoms with van der Waals surface area (Å²) < 4.78 is 6.28. The van der Waals surface area contributed by atoms with Crippen molar-refractivity contribution in [3.05, 3.63) is 41.5 Å². The smallest absolute Gasteiger partial charge is 0.264 e. The van der Waals surface area contributed by atoms with E-state index in [4.69, 9.17) is 14.6 Å². The molecule has 5 aliphatic rings. The Labute approximate surface area is 147 Å². The molecule has 1 saturated carbocycles. The van der Waals surface area contributed by atoms with E-state index in [9.17, 15) is 4.79 Å². The zero-order valence-corrected chi connectivity index (χ0v) is 14.6. The second-order valence-corrected chi connectivity index (χ2v) is 7.39. The molecule has 1 spiro atoms. The summed E-state index contributed by atoms with van der Waals surface area (Å²) >= 11 is 0. The fourth-order valence-corrected chi connectivity index (χ4v) is 5.30. The lowest BCUT2D eigenvalue weighted by molar-refractivity contribution is -0.137. The second-order valence-electron chi connectivity index (χ2n) is 7.39. The normalized spacial score (nSPS) is 37.4. The molecule has 25 heavy (non-hydrogen) atoms. The molecule has 3 fully saturated rings. The van der Waals surface area contributed by atoms with E-state index in [1.165, 1.54) is 10.6 Å². The van der Waals surface area contributed by atoms with Crippen molar-refractivity contribution in [3.63, 3.8) is 0 Å². The third-order valence-electron chi connectivity index (χ3n) is 6.53. The molecule has 4 aliphatic heterocycles. The lowest BCUT2D eigenvalue weighted by Crippen LogP contribution is -2.50. The Bertz CT molecular complexity index is 815. The number of nitrogens with zero attached hydrogens (tertiary/aromatic N) is 2. The van der Waals surface area contributed by atoms with Crippen molar-refractivity contribution in [2.24, 2.45) is 16.8 Å². The summed E-state index contributed by atoms with van der Waals surface area (Å²) in [5.74, 6) is 0.749. The molecule has 5 heteroatoms. The average molecular weight is 338 g/mol. The third-order valence-corrected chi connectivity index (χ3v) is 6.53. The van der Waals surface area contributed by atoms with Gasteiger partial charge in [-0.25, -0.2) is 0 Å². The molecule has 0 N–H and O–H groups in total. The highest BCUT2D eigenvalue weighted by molar-refractivity contribution is 6.10.